The van der Waals surface area contributed by atoms with Crippen LogP contribution in [-0.4, -0.2) is 53.5 Å². The topological polar surface area (TPSA) is 87.7 Å². The van der Waals surface area contributed by atoms with Crippen molar-refractivity contribution in [2.45, 2.75) is 70.8 Å². The zero-order valence-corrected chi connectivity index (χ0v) is 23.1. The molecule has 38 heavy (non-hydrogen) atoms. The summed E-state index contributed by atoms with van der Waals surface area (Å²) in [6.07, 6.45) is 9.16. The number of nitrogens with one attached hydrogen (secondary N) is 2. The van der Waals surface area contributed by atoms with E-state index in [0.29, 0.717) is 25.3 Å². The minimum absolute atomic E-state index is 0.120. The molecule has 0 bridgehead atoms. The zero-order chi connectivity index (χ0) is 27.2. The summed E-state index contributed by atoms with van der Waals surface area (Å²) in [5.41, 5.74) is 2.52. The van der Waals surface area contributed by atoms with E-state index in [4.69, 9.17) is 17.0 Å². The number of unbranched alkanes of at least 4 members (excludes halogenated alkanes) is 7. The lowest BCUT2D eigenvalue weighted by Gasteiger charge is -2.36. The Labute approximate surface area is 231 Å². The van der Waals surface area contributed by atoms with E-state index in [9.17, 15) is 14.4 Å². The van der Waals surface area contributed by atoms with E-state index in [0.717, 1.165) is 30.4 Å². The number of hydrogen-bond donors (Lipinski definition) is 2. The fourth-order valence-electron chi connectivity index (χ4n) is 4.49. The summed E-state index contributed by atoms with van der Waals surface area (Å²) in [5.74, 6) is -1.11. The number of ether oxygens (including phenoxy) is 1. The Balaban J connectivity index is 1.46. The molecule has 1 atom stereocenters. The van der Waals surface area contributed by atoms with Gasteiger partial charge >= 0.3 is 5.97 Å². The molecule has 1 heterocycles. The fraction of sp³-hybridized carbons (Fsp3) is 0.467. The summed E-state index contributed by atoms with van der Waals surface area (Å²) >= 11 is 5.47. The lowest BCUT2D eigenvalue weighted by molar-refractivity contribution is -0.147. The number of amides is 2. The van der Waals surface area contributed by atoms with Gasteiger partial charge < -0.3 is 15.0 Å². The van der Waals surface area contributed by atoms with Gasteiger partial charge in [0.2, 0.25) is 5.91 Å². The molecule has 8 heteroatoms. The lowest BCUT2D eigenvalue weighted by Crippen LogP contribution is -2.60. The third-order valence-electron chi connectivity index (χ3n) is 6.69. The smallest absolute Gasteiger partial charge is 0.308 e. The molecule has 0 spiro atoms. The predicted molar refractivity (Wildman–Crippen MR) is 154 cm³/mol. The molecule has 2 amide bonds. The van der Waals surface area contributed by atoms with Crippen LogP contribution in [0.5, 0.6) is 0 Å². The maximum atomic E-state index is 12.8. The summed E-state index contributed by atoms with van der Waals surface area (Å²) < 4.78 is 5.39. The van der Waals surface area contributed by atoms with Crippen LogP contribution in [-0.2, 0) is 14.3 Å². The number of carbonyl (C=O) groups is 3. The van der Waals surface area contributed by atoms with Crippen LogP contribution in [0.4, 0.5) is 0 Å². The van der Waals surface area contributed by atoms with Crippen molar-refractivity contribution in [1.29, 1.82) is 0 Å². The molecule has 0 radical (unpaired) electrons. The molecule has 0 saturated carbocycles. The Bertz CT molecular complexity index is 1060. The summed E-state index contributed by atoms with van der Waals surface area (Å²) in [6, 6.07) is 16.3. The van der Waals surface area contributed by atoms with Gasteiger partial charge in [0, 0.05) is 18.7 Å². The highest BCUT2D eigenvalue weighted by atomic mass is 32.1. The van der Waals surface area contributed by atoms with Gasteiger partial charge in [0.25, 0.3) is 5.91 Å². The number of benzene rings is 2. The number of thiocarbonyl (C=S) groups is 1. The highest BCUT2D eigenvalue weighted by Gasteiger charge is 2.34. The molecule has 2 N–H and O–H groups in total. The van der Waals surface area contributed by atoms with E-state index >= 15 is 0 Å². The molecule has 2 aromatic carbocycles. The number of esters is 1. The van der Waals surface area contributed by atoms with Gasteiger partial charge in [0.1, 0.15) is 6.04 Å². The van der Waals surface area contributed by atoms with Crippen molar-refractivity contribution < 1.29 is 19.1 Å². The van der Waals surface area contributed by atoms with Crippen LogP contribution in [0.25, 0.3) is 11.1 Å². The van der Waals surface area contributed by atoms with Crippen LogP contribution in [0.15, 0.2) is 54.6 Å². The lowest BCUT2D eigenvalue weighted by atomic mass is 10.0. The minimum atomic E-state index is -0.817. The minimum Gasteiger partial charge on any atom is -0.466 e. The monoisotopic (exact) mass is 537 g/mol. The average Bonchev–Trinajstić information content (AvgIpc) is 2.93. The maximum absolute atomic E-state index is 12.8. The Morgan fingerprint density at radius 2 is 1.58 bits per heavy atom. The van der Waals surface area contributed by atoms with Gasteiger partial charge in [-0.3, -0.25) is 19.7 Å². The number of piperazine rings is 1. The molecular weight excluding hydrogens is 498 g/mol. The Morgan fingerprint density at radius 3 is 2.26 bits per heavy atom. The van der Waals surface area contributed by atoms with Crippen LogP contribution < -0.4 is 10.6 Å². The molecule has 1 fully saturated rings. The van der Waals surface area contributed by atoms with Gasteiger partial charge in [-0.25, -0.2) is 0 Å². The third-order valence-corrected chi connectivity index (χ3v) is 7.02. The van der Waals surface area contributed by atoms with Crippen molar-refractivity contribution in [3.05, 3.63) is 60.2 Å². The van der Waals surface area contributed by atoms with Gasteiger partial charge in [0.15, 0.2) is 5.11 Å². The van der Waals surface area contributed by atoms with Crippen LogP contribution >= 0.6 is 12.2 Å². The second-order valence-corrected chi connectivity index (χ2v) is 9.99. The summed E-state index contributed by atoms with van der Waals surface area (Å²) in [5, 5.41) is 5.62. The summed E-state index contributed by atoms with van der Waals surface area (Å²) in [4.78, 5) is 39.5. The van der Waals surface area contributed by atoms with Crippen LogP contribution in [0.2, 0.25) is 0 Å². The standard InChI is InChI=1S/C30H39N3O4S/c1-2-3-4-5-6-7-8-12-21-37-27(34)22-26-29(36)31-19-20-33(26)30(38)32-28(35)25-17-15-24(16-18-25)23-13-10-9-11-14-23/h9-11,13-18,26H,2-8,12,19-22H2,1H3,(H,31,36)(H,32,35,38). The molecule has 204 valence electrons. The molecule has 0 aromatic heterocycles. The summed E-state index contributed by atoms with van der Waals surface area (Å²) in [7, 11) is 0. The van der Waals surface area contributed by atoms with Crippen molar-refractivity contribution in [2.75, 3.05) is 19.7 Å². The molecule has 2 aromatic rings. The Kier molecular flexibility index (Phi) is 12.2. The molecule has 7 nitrogen and oxygen atoms in total. The molecule has 1 saturated heterocycles. The van der Waals surface area contributed by atoms with E-state index < -0.39 is 12.0 Å². The first kappa shape index (κ1) is 29.3. The molecule has 1 aliphatic heterocycles. The Morgan fingerprint density at radius 1 is 0.947 bits per heavy atom. The van der Waals surface area contributed by atoms with E-state index in [-0.39, 0.29) is 23.3 Å². The first-order valence-electron chi connectivity index (χ1n) is 13.7. The van der Waals surface area contributed by atoms with Crippen molar-refractivity contribution in [1.82, 2.24) is 15.5 Å². The van der Waals surface area contributed by atoms with E-state index in [1.807, 2.05) is 42.5 Å². The molecular formula is C30H39N3O4S. The number of rotatable bonds is 13. The first-order valence-corrected chi connectivity index (χ1v) is 14.1. The largest absolute Gasteiger partial charge is 0.466 e. The van der Waals surface area contributed by atoms with Gasteiger partial charge in [0.05, 0.1) is 13.0 Å². The quantitative estimate of drug-likeness (QED) is 0.206. The SMILES string of the molecule is CCCCCCCCCCOC(=O)CC1C(=O)NCCN1C(=S)NC(=O)c1ccc(-c2ccccc2)cc1. The molecule has 1 aliphatic rings. The first-order chi connectivity index (χ1) is 18.5. The number of nitrogens with zero attached hydrogens (tertiary/aromatic N) is 1. The molecule has 3 rings (SSSR count). The maximum Gasteiger partial charge on any atom is 0.308 e. The van der Waals surface area contributed by atoms with Crippen molar-refractivity contribution in [3.63, 3.8) is 0 Å². The second-order valence-electron chi connectivity index (χ2n) is 9.60. The van der Waals surface area contributed by atoms with Crippen molar-refractivity contribution in [2.24, 2.45) is 0 Å². The summed E-state index contributed by atoms with van der Waals surface area (Å²) in [6.45, 7) is 3.33. The third kappa shape index (κ3) is 9.24. The normalized spacial score (nSPS) is 15.0. The van der Waals surface area contributed by atoms with Crippen LogP contribution in [0, 0.1) is 0 Å². The highest BCUT2D eigenvalue weighted by Crippen LogP contribution is 2.19. The van der Waals surface area contributed by atoms with Crippen molar-refractivity contribution in [3.8, 4) is 11.1 Å². The van der Waals surface area contributed by atoms with E-state index in [1.165, 1.54) is 32.1 Å². The molecule has 1 unspecified atom stereocenters. The predicted octanol–water partition coefficient (Wildman–Crippen LogP) is 5.24. The van der Waals surface area contributed by atoms with Crippen molar-refractivity contribution >= 4 is 35.1 Å². The number of carbonyl (C=O) groups excluding carboxylic acids is 3. The van der Waals surface area contributed by atoms with Gasteiger partial charge in [-0.2, -0.15) is 0 Å². The highest BCUT2D eigenvalue weighted by molar-refractivity contribution is 7.80. The average molecular weight is 538 g/mol. The number of hydrogen-bond acceptors (Lipinski definition) is 5. The van der Waals surface area contributed by atoms with E-state index in [2.05, 4.69) is 17.6 Å². The molecule has 0 aliphatic carbocycles. The zero-order valence-electron chi connectivity index (χ0n) is 22.2. The van der Waals surface area contributed by atoms with Crippen LogP contribution in [0.3, 0.4) is 0 Å². The van der Waals surface area contributed by atoms with Crippen LogP contribution in [0.1, 0.15) is 75.1 Å². The Hall–Kier alpha value is -3.26. The van der Waals surface area contributed by atoms with Gasteiger partial charge in [-0.15, -0.1) is 0 Å². The van der Waals surface area contributed by atoms with Gasteiger partial charge in [-0.1, -0.05) is 94.3 Å². The van der Waals surface area contributed by atoms with Gasteiger partial charge in [-0.05, 0) is 41.9 Å². The second kappa shape index (κ2) is 15.9. The fourth-order valence-corrected chi connectivity index (χ4v) is 4.80. The van der Waals surface area contributed by atoms with E-state index in [1.54, 1.807) is 17.0 Å².